The maximum Gasteiger partial charge on any atom is 0.239 e. The van der Waals surface area contributed by atoms with Crippen molar-refractivity contribution in [3.63, 3.8) is 0 Å². The van der Waals surface area contributed by atoms with E-state index < -0.39 is 11.3 Å². The van der Waals surface area contributed by atoms with Crippen LogP contribution in [0.15, 0.2) is 42.5 Å². The van der Waals surface area contributed by atoms with Crippen molar-refractivity contribution in [1.29, 1.82) is 0 Å². The second-order valence-corrected chi connectivity index (χ2v) is 7.08. The standard InChI is InChI=1S/C19H20Cl2N2O3/c1-19(2,17(24)22-11-12-4-6-13(20)7-5-12)18(25)23-14-8-9-16(26-3)15(21)10-14/h4-10H,11H2,1-3H3,(H,22,24)(H,23,25). The summed E-state index contributed by atoms with van der Waals surface area (Å²) in [6.07, 6.45) is 0. The molecular formula is C19H20Cl2N2O3. The molecule has 0 aliphatic rings. The first-order valence-corrected chi connectivity index (χ1v) is 8.67. The Kier molecular flexibility index (Phi) is 6.51. The van der Waals surface area contributed by atoms with Crippen LogP contribution in [0, 0.1) is 5.41 Å². The van der Waals surface area contributed by atoms with Gasteiger partial charge < -0.3 is 15.4 Å². The molecule has 0 aromatic heterocycles. The first-order valence-electron chi connectivity index (χ1n) is 7.92. The number of rotatable bonds is 6. The molecule has 0 bridgehead atoms. The molecule has 2 aromatic carbocycles. The van der Waals surface area contributed by atoms with E-state index in [1.165, 1.54) is 7.11 Å². The van der Waals surface area contributed by atoms with Crippen molar-refractivity contribution in [3.8, 4) is 5.75 Å². The van der Waals surface area contributed by atoms with E-state index in [2.05, 4.69) is 10.6 Å². The van der Waals surface area contributed by atoms with Gasteiger partial charge >= 0.3 is 0 Å². The molecule has 138 valence electrons. The van der Waals surface area contributed by atoms with Gasteiger partial charge in [0.2, 0.25) is 11.8 Å². The van der Waals surface area contributed by atoms with Gasteiger partial charge in [0.05, 0.1) is 12.1 Å². The van der Waals surface area contributed by atoms with Gasteiger partial charge in [-0.25, -0.2) is 0 Å². The van der Waals surface area contributed by atoms with Gasteiger partial charge in [-0.1, -0.05) is 35.3 Å². The van der Waals surface area contributed by atoms with E-state index in [-0.39, 0.29) is 5.91 Å². The van der Waals surface area contributed by atoms with Crippen LogP contribution in [-0.4, -0.2) is 18.9 Å². The van der Waals surface area contributed by atoms with Crippen molar-refractivity contribution in [2.45, 2.75) is 20.4 Å². The Morgan fingerprint density at radius 1 is 1.04 bits per heavy atom. The topological polar surface area (TPSA) is 67.4 Å². The Morgan fingerprint density at radius 3 is 2.27 bits per heavy atom. The molecule has 0 aliphatic heterocycles. The molecule has 2 N–H and O–H groups in total. The number of anilines is 1. The molecule has 0 atom stereocenters. The fourth-order valence-corrected chi connectivity index (χ4v) is 2.52. The number of halogens is 2. The van der Waals surface area contributed by atoms with Crippen molar-refractivity contribution in [2.24, 2.45) is 5.41 Å². The lowest BCUT2D eigenvalue weighted by atomic mass is 9.90. The third-order valence-electron chi connectivity index (χ3n) is 3.91. The molecule has 7 heteroatoms. The molecule has 26 heavy (non-hydrogen) atoms. The van der Waals surface area contributed by atoms with E-state index in [1.54, 1.807) is 44.2 Å². The third kappa shape index (κ3) is 4.90. The monoisotopic (exact) mass is 394 g/mol. The van der Waals surface area contributed by atoms with Crippen LogP contribution in [0.2, 0.25) is 10.0 Å². The molecule has 0 radical (unpaired) electrons. The number of amides is 2. The largest absolute Gasteiger partial charge is 0.495 e. The second kappa shape index (κ2) is 8.43. The summed E-state index contributed by atoms with van der Waals surface area (Å²) in [7, 11) is 1.51. The predicted molar refractivity (Wildman–Crippen MR) is 104 cm³/mol. The minimum atomic E-state index is -1.27. The zero-order valence-electron chi connectivity index (χ0n) is 14.7. The number of methoxy groups -OCH3 is 1. The van der Waals surface area contributed by atoms with E-state index >= 15 is 0 Å². The number of carbonyl (C=O) groups excluding carboxylic acids is 2. The first kappa shape index (κ1) is 20.1. The molecule has 0 heterocycles. The molecule has 0 spiro atoms. The van der Waals surface area contributed by atoms with Crippen molar-refractivity contribution in [3.05, 3.63) is 58.1 Å². The van der Waals surface area contributed by atoms with Crippen LogP contribution in [0.4, 0.5) is 5.69 Å². The number of benzene rings is 2. The number of carbonyl (C=O) groups is 2. The Labute approximate surface area is 162 Å². The van der Waals surface area contributed by atoms with Crippen molar-refractivity contribution in [1.82, 2.24) is 5.32 Å². The fraction of sp³-hybridized carbons (Fsp3) is 0.263. The van der Waals surface area contributed by atoms with Crippen LogP contribution in [0.25, 0.3) is 0 Å². The maximum atomic E-state index is 12.5. The van der Waals surface area contributed by atoms with Crippen molar-refractivity contribution >= 4 is 40.7 Å². The summed E-state index contributed by atoms with van der Waals surface area (Å²) in [5, 5.41) is 6.46. The number of nitrogens with one attached hydrogen (secondary N) is 2. The van der Waals surface area contributed by atoms with Crippen LogP contribution in [0.3, 0.4) is 0 Å². The zero-order valence-corrected chi connectivity index (χ0v) is 16.2. The lowest BCUT2D eigenvalue weighted by molar-refractivity contribution is -0.138. The highest BCUT2D eigenvalue weighted by Crippen LogP contribution is 2.28. The van der Waals surface area contributed by atoms with Crippen LogP contribution >= 0.6 is 23.2 Å². The highest BCUT2D eigenvalue weighted by molar-refractivity contribution is 6.32. The molecule has 2 rings (SSSR count). The Balaban J connectivity index is 2.00. The van der Waals surface area contributed by atoms with E-state index in [4.69, 9.17) is 27.9 Å². The zero-order chi connectivity index (χ0) is 19.3. The predicted octanol–water partition coefficient (Wildman–Crippen LogP) is 4.28. The molecule has 0 fully saturated rings. The lowest BCUT2D eigenvalue weighted by Crippen LogP contribution is -2.44. The van der Waals surface area contributed by atoms with Gasteiger partial charge in [-0.3, -0.25) is 9.59 Å². The molecule has 2 amide bonds. The number of hydrogen-bond acceptors (Lipinski definition) is 3. The summed E-state index contributed by atoms with van der Waals surface area (Å²) in [6.45, 7) is 3.43. The van der Waals surface area contributed by atoms with E-state index in [0.29, 0.717) is 28.0 Å². The highest BCUT2D eigenvalue weighted by Gasteiger charge is 2.36. The SMILES string of the molecule is COc1ccc(NC(=O)C(C)(C)C(=O)NCc2ccc(Cl)cc2)cc1Cl. The van der Waals surface area contributed by atoms with Gasteiger partial charge in [0.25, 0.3) is 0 Å². The summed E-state index contributed by atoms with van der Waals surface area (Å²) in [6, 6.07) is 12.0. The van der Waals surface area contributed by atoms with Crippen LogP contribution in [-0.2, 0) is 16.1 Å². The van der Waals surface area contributed by atoms with E-state index in [0.717, 1.165) is 5.56 Å². The summed E-state index contributed by atoms with van der Waals surface area (Å²) in [5.74, 6) is -0.318. The first-order chi connectivity index (χ1) is 12.2. The average molecular weight is 395 g/mol. The Hall–Kier alpha value is -2.24. The molecule has 0 saturated heterocycles. The molecular weight excluding hydrogens is 375 g/mol. The van der Waals surface area contributed by atoms with Crippen LogP contribution in [0.1, 0.15) is 19.4 Å². The van der Waals surface area contributed by atoms with Crippen molar-refractivity contribution < 1.29 is 14.3 Å². The fourth-order valence-electron chi connectivity index (χ4n) is 2.14. The summed E-state index contributed by atoms with van der Waals surface area (Å²) in [5.41, 5.74) is 0.110. The average Bonchev–Trinajstić information content (AvgIpc) is 2.61. The normalized spacial score (nSPS) is 11.0. The van der Waals surface area contributed by atoms with Crippen LogP contribution < -0.4 is 15.4 Å². The van der Waals surface area contributed by atoms with Gasteiger partial charge in [0.1, 0.15) is 11.2 Å². The van der Waals surface area contributed by atoms with Gasteiger partial charge in [-0.2, -0.15) is 0 Å². The van der Waals surface area contributed by atoms with Crippen LogP contribution in [0.5, 0.6) is 5.75 Å². The summed E-state index contributed by atoms with van der Waals surface area (Å²) in [4.78, 5) is 25.0. The smallest absolute Gasteiger partial charge is 0.239 e. The number of hydrogen-bond donors (Lipinski definition) is 2. The summed E-state index contributed by atoms with van der Waals surface area (Å²) < 4.78 is 5.07. The Morgan fingerprint density at radius 2 is 1.69 bits per heavy atom. The minimum absolute atomic E-state index is 0.307. The second-order valence-electron chi connectivity index (χ2n) is 6.24. The molecule has 0 saturated carbocycles. The van der Waals surface area contributed by atoms with Gasteiger partial charge in [0.15, 0.2) is 0 Å². The van der Waals surface area contributed by atoms with Crippen molar-refractivity contribution in [2.75, 3.05) is 12.4 Å². The van der Waals surface area contributed by atoms with Gasteiger partial charge in [-0.05, 0) is 49.7 Å². The van der Waals surface area contributed by atoms with Gasteiger partial charge in [-0.15, -0.1) is 0 Å². The quantitative estimate of drug-likeness (QED) is 0.718. The van der Waals surface area contributed by atoms with Gasteiger partial charge in [0, 0.05) is 17.3 Å². The molecule has 5 nitrogen and oxygen atoms in total. The lowest BCUT2D eigenvalue weighted by Gasteiger charge is -2.23. The highest BCUT2D eigenvalue weighted by atomic mass is 35.5. The molecule has 2 aromatic rings. The molecule has 0 unspecified atom stereocenters. The van der Waals surface area contributed by atoms with E-state index in [9.17, 15) is 9.59 Å². The van der Waals surface area contributed by atoms with E-state index in [1.807, 2.05) is 12.1 Å². The summed E-state index contributed by atoms with van der Waals surface area (Å²) >= 11 is 11.9. The number of ether oxygens (including phenoxy) is 1. The maximum absolute atomic E-state index is 12.5. The molecule has 0 aliphatic carbocycles. The third-order valence-corrected chi connectivity index (χ3v) is 4.46. The minimum Gasteiger partial charge on any atom is -0.495 e. The Bertz CT molecular complexity index is 805.